The standard InChI is InChI=1S/C35H30N2O6S/c1-22-12-15-27(16-13-22)44(40,41)37-32(19-25-21-36-31-11-7-6-10-29(25)31)35(39)42-26-14-17-28-23(2)30(34(38)43-33(28)20-26)18-24-8-4-3-5-9-24/h3-17,20-21,32,36-37H,18-19H2,1-2H3. The van der Waals surface area contributed by atoms with Crippen molar-refractivity contribution in [1.29, 1.82) is 0 Å². The van der Waals surface area contributed by atoms with Crippen molar-refractivity contribution in [3.05, 3.63) is 141 Å². The number of sulfonamides is 1. The smallest absolute Gasteiger partial charge is 0.340 e. The quantitative estimate of drug-likeness (QED) is 0.119. The summed E-state index contributed by atoms with van der Waals surface area (Å²) in [6.45, 7) is 3.72. The lowest BCUT2D eigenvalue weighted by Gasteiger charge is -2.18. The molecule has 0 saturated carbocycles. The molecule has 0 fully saturated rings. The molecule has 0 saturated heterocycles. The minimum atomic E-state index is -4.07. The van der Waals surface area contributed by atoms with Gasteiger partial charge in [-0.25, -0.2) is 18.0 Å². The summed E-state index contributed by atoms with van der Waals surface area (Å²) in [5.74, 6) is -0.676. The van der Waals surface area contributed by atoms with Crippen LogP contribution in [-0.2, 0) is 27.7 Å². The Labute approximate surface area is 254 Å². The van der Waals surface area contributed by atoms with Gasteiger partial charge in [-0.1, -0.05) is 66.2 Å². The van der Waals surface area contributed by atoms with Crippen molar-refractivity contribution in [3.63, 3.8) is 0 Å². The highest BCUT2D eigenvalue weighted by Crippen LogP contribution is 2.26. The van der Waals surface area contributed by atoms with Crippen LogP contribution in [0.2, 0.25) is 0 Å². The van der Waals surface area contributed by atoms with E-state index in [1.807, 2.05) is 68.4 Å². The van der Waals surface area contributed by atoms with Gasteiger partial charge in [-0.3, -0.25) is 0 Å². The van der Waals surface area contributed by atoms with Gasteiger partial charge in [0.2, 0.25) is 10.0 Å². The molecule has 0 aliphatic heterocycles. The number of H-pyrrole nitrogens is 1. The van der Waals surface area contributed by atoms with Gasteiger partial charge in [0.15, 0.2) is 0 Å². The van der Waals surface area contributed by atoms with E-state index in [-0.39, 0.29) is 22.6 Å². The summed E-state index contributed by atoms with van der Waals surface area (Å²) in [6, 6.07) is 27.1. The first-order valence-corrected chi connectivity index (χ1v) is 15.6. The van der Waals surface area contributed by atoms with Gasteiger partial charge in [-0.2, -0.15) is 4.72 Å². The van der Waals surface area contributed by atoms with Crippen LogP contribution in [0.25, 0.3) is 21.9 Å². The molecule has 2 aromatic heterocycles. The molecule has 6 aromatic rings. The summed E-state index contributed by atoms with van der Waals surface area (Å²) in [5, 5.41) is 1.58. The van der Waals surface area contributed by atoms with Crippen LogP contribution in [0, 0.1) is 13.8 Å². The number of aromatic amines is 1. The first-order chi connectivity index (χ1) is 21.2. The third kappa shape index (κ3) is 6.06. The first-order valence-electron chi connectivity index (χ1n) is 14.1. The van der Waals surface area contributed by atoms with Gasteiger partial charge in [-0.15, -0.1) is 0 Å². The number of carbonyl (C=O) groups excluding carboxylic acids is 1. The number of esters is 1. The Morgan fingerprint density at radius 1 is 0.909 bits per heavy atom. The number of ether oxygens (including phenoxy) is 1. The Morgan fingerprint density at radius 3 is 2.41 bits per heavy atom. The van der Waals surface area contributed by atoms with Crippen LogP contribution in [0.4, 0.5) is 0 Å². The highest BCUT2D eigenvalue weighted by atomic mass is 32.2. The fourth-order valence-corrected chi connectivity index (χ4v) is 6.48. The Kier molecular flexibility index (Phi) is 7.90. The van der Waals surface area contributed by atoms with E-state index >= 15 is 0 Å². The summed E-state index contributed by atoms with van der Waals surface area (Å²) in [4.78, 5) is 29.8. The van der Waals surface area contributed by atoms with Crippen LogP contribution in [0.1, 0.15) is 27.8 Å². The average Bonchev–Trinajstić information content (AvgIpc) is 3.42. The van der Waals surface area contributed by atoms with E-state index < -0.39 is 27.7 Å². The predicted molar refractivity (Wildman–Crippen MR) is 169 cm³/mol. The number of hydrogen-bond donors (Lipinski definition) is 2. The fraction of sp³-hybridized carbons (Fsp3) is 0.143. The molecule has 6 rings (SSSR count). The van der Waals surface area contributed by atoms with E-state index in [0.29, 0.717) is 17.4 Å². The maximum atomic E-state index is 13.6. The number of nitrogens with one attached hydrogen (secondary N) is 2. The van der Waals surface area contributed by atoms with Crippen LogP contribution in [0.3, 0.4) is 0 Å². The molecule has 4 aromatic carbocycles. The molecule has 1 unspecified atom stereocenters. The SMILES string of the molecule is Cc1ccc(S(=O)(=O)NC(Cc2c[nH]c3ccccc23)C(=O)Oc2ccc3c(C)c(Cc4ccccc4)c(=O)oc3c2)cc1. The van der Waals surface area contributed by atoms with Gasteiger partial charge in [0.05, 0.1) is 4.90 Å². The van der Waals surface area contributed by atoms with Crippen molar-refractivity contribution in [2.24, 2.45) is 0 Å². The van der Waals surface area contributed by atoms with Gasteiger partial charge in [0, 0.05) is 47.0 Å². The lowest BCUT2D eigenvalue weighted by molar-refractivity contribution is -0.136. The molecule has 0 spiro atoms. The number of fused-ring (bicyclic) bond motifs is 2. The molecule has 2 N–H and O–H groups in total. The second kappa shape index (κ2) is 11.9. The van der Waals surface area contributed by atoms with Gasteiger partial charge in [0.1, 0.15) is 17.4 Å². The van der Waals surface area contributed by atoms with Gasteiger partial charge >= 0.3 is 11.6 Å². The number of benzene rings is 4. The number of carbonyl (C=O) groups is 1. The zero-order valence-corrected chi connectivity index (χ0v) is 25.0. The summed E-state index contributed by atoms with van der Waals surface area (Å²) in [7, 11) is -4.07. The van der Waals surface area contributed by atoms with Crippen LogP contribution >= 0.6 is 0 Å². The topological polar surface area (TPSA) is 118 Å². The second-order valence-electron chi connectivity index (χ2n) is 10.8. The molecule has 44 heavy (non-hydrogen) atoms. The number of rotatable bonds is 9. The third-order valence-corrected chi connectivity index (χ3v) is 9.20. The molecule has 8 nitrogen and oxygen atoms in total. The molecule has 1 atom stereocenters. The fourth-order valence-electron chi connectivity index (χ4n) is 5.30. The number of para-hydroxylation sites is 1. The van der Waals surface area contributed by atoms with Crippen molar-refractivity contribution < 1.29 is 22.4 Å². The van der Waals surface area contributed by atoms with E-state index in [1.54, 1.807) is 30.5 Å². The van der Waals surface area contributed by atoms with Crippen LogP contribution in [-0.4, -0.2) is 25.4 Å². The Bertz CT molecular complexity index is 2150. The molecular weight excluding hydrogens is 576 g/mol. The number of aromatic nitrogens is 1. The van der Waals surface area contributed by atoms with Crippen molar-refractivity contribution in [2.45, 2.75) is 37.6 Å². The number of aryl methyl sites for hydroxylation is 2. The lowest BCUT2D eigenvalue weighted by atomic mass is 10.00. The van der Waals surface area contributed by atoms with E-state index in [9.17, 15) is 18.0 Å². The molecule has 0 bridgehead atoms. The van der Waals surface area contributed by atoms with Crippen LogP contribution in [0.5, 0.6) is 5.75 Å². The maximum absolute atomic E-state index is 13.6. The van der Waals surface area contributed by atoms with Crippen LogP contribution in [0.15, 0.2) is 117 Å². The van der Waals surface area contributed by atoms with E-state index in [0.717, 1.165) is 33.2 Å². The van der Waals surface area contributed by atoms with E-state index in [1.165, 1.54) is 18.2 Å². The number of hydrogen-bond acceptors (Lipinski definition) is 6. The molecule has 0 amide bonds. The molecular formula is C35H30N2O6S. The molecule has 0 radical (unpaired) electrons. The normalized spacial score (nSPS) is 12.4. The van der Waals surface area contributed by atoms with Crippen molar-refractivity contribution in [2.75, 3.05) is 0 Å². The van der Waals surface area contributed by atoms with Crippen molar-refractivity contribution >= 4 is 37.9 Å². The zero-order valence-electron chi connectivity index (χ0n) is 24.2. The summed E-state index contributed by atoms with van der Waals surface area (Å²) >= 11 is 0. The highest BCUT2D eigenvalue weighted by Gasteiger charge is 2.29. The highest BCUT2D eigenvalue weighted by molar-refractivity contribution is 7.89. The van der Waals surface area contributed by atoms with Gasteiger partial charge in [0.25, 0.3) is 0 Å². The largest absolute Gasteiger partial charge is 0.425 e. The minimum absolute atomic E-state index is 0.0362. The first kappa shape index (κ1) is 29.1. The Balaban J connectivity index is 1.30. The van der Waals surface area contributed by atoms with Gasteiger partial charge in [-0.05, 0) is 60.9 Å². The van der Waals surface area contributed by atoms with Crippen molar-refractivity contribution in [1.82, 2.24) is 9.71 Å². The minimum Gasteiger partial charge on any atom is -0.425 e. The molecule has 222 valence electrons. The zero-order chi connectivity index (χ0) is 30.8. The average molecular weight is 607 g/mol. The van der Waals surface area contributed by atoms with E-state index in [4.69, 9.17) is 9.15 Å². The van der Waals surface area contributed by atoms with Crippen LogP contribution < -0.4 is 15.1 Å². The second-order valence-corrected chi connectivity index (χ2v) is 12.5. The molecule has 2 heterocycles. The van der Waals surface area contributed by atoms with Crippen molar-refractivity contribution in [3.8, 4) is 5.75 Å². The molecule has 9 heteroatoms. The van der Waals surface area contributed by atoms with Gasteiger partial charge < -0.3 is 14.1 Å². The molecule has 0 aliphatic rings. The monoisotopic (exact) mass is 606 g/mol. The summed E-state index contributed by atoms with van der Waals surface area (Å²) < 4.78 is 40.6. The maximum Gasteiger partial charge on any atom is 0.340 e. The summed E-state index contributed by atoms with van der Waals surface area (Å²) in [6.07, 6.45) is 2.22. The Morgan fingerprint density at radius 2 is 1.64 bits per heavy atom. The molecule has 0 aliphatic carbocycles. The van der Waals surface area contributed by atoms with E-state index in [2.05, 4.69) is 9.71 Å². The summed E-state index contributed by atoms with van der Waals surface area (Å²) in [5.41, 5.74) is 4.64. The third-order valence-electron chi connectivity index (χ3n) is 7.71. The lowest BCUT2D eigenvalue weighted by Crippen LogP contribution is -2.44. The predicted octanol–water partition coefficient (Wildman–Crippen LogP) is 5.98. The Hall–Kier alpha value is -4.99.